The molecule has 76 heavy (non-hydrogen) atoms. The van der Waals surface area contributed by atoms with Crippen molar-refractivity contribution in [3.05, 3.63) is 213 Å². The normalized spacial score (nSPS) is 14.4. The minimum Gasteiger partial charge on any atom is -0.311 e. The number of anilines is 8. The van der Waals surface area contributed by atoms with E-state index in [1.807, 2.05) is 34.1 Å². The summed E-state index contributed by atoms with van der Waals surface area (Å²) in [7, 11) is 0. The molecule has 0 radical (unpaired) electrons. The Bertz CT molecular complexity index is 3120. The summed E-state index contributed by atoms with van der Waals surface area (Å²) in [6.07, 6.45) is 8.41. The second-order valence-electron chi connectivity index (χ2n) is 19.7. The summed E-state index contributed by atoms with van der Waals surface area (Å²) in [5, 5.41) is 0. The molecule has 8 aromatic rings. The zero-order chi connectivity index (χ0) is 52.4. The third kappa shape index (κ3) is 11.2. The van der Waals surface area contributed by atoms with Gasteiger partial charge in [-0.2, -0.15) is 0 Å². The molecule has 2 atom stereocenters. The number of hydrogen-bond donors (Lipinski definition) is 0. The first-order valence-electron chi connectivity index (χ1n) is 27.1. The van der Waals surface area contributed by atoms with Gasteiger partial charge in [0, 0.05) is 58.3 Å². The van der Waals surface area contributed by atoms with Crippen molar-refractivity contribution in [3.8, 4) is 23.7 Å². The van der Waals surface area contributed by atoms with Crippen molar-refractivity contribution in [3.63, 3.8) is 0 Å². The Labute approximate surface area is 458 Å². The van der Waals surface area contributed by atoms with Crippen LogP contribution in [0.5, 0.6) is 0 Å². The molecule has 0 N–H and O–H groups in total. The highest BCUT2D eigenvalue weighted by atomic mass is 32.1. The molecule has 2 aliphatic rings. The maximum Gasteiger partial charge on any atom is 0.260 e. The van der Waals surface area contributed by atoms with Gasteiger partial charge in [-0.25, -0.2) is 0 Å². The van der Waals surface area contributed by atoms with Crippen LogP contribution in [0.2, 0.25) is 0 Å². The van der Waals surface area contributed by atoms with Crippen molar-refractivity contribution in [1.82, 2.24) is 0 Å². The number of fused-ring (bicyclic) bond motifs is 2. The van der Waals surface area contributed by atoms with Gasteiger partial charge in [0.05, 0.1) is 42.0 Å². The van der Waals surface area contributed by atoms with E-state index < -0.39 is 0 Å². The number of para-hydroxylation sites is 4. The van der Waals surface area contributed by atoms with Crippen LogP contribution in [0.4, 0.5) is 45.5 Å². The second kappa shape index (κ2) is 24.2. The molecular weight excluding hydrogens is 969 g/mol. The second-order valence-corrected chi connectivity index (χ2v) is 21.8. The fourth-order valence-electron chi connectivity index (χ4n) is 10.3. The quantitative estimate of drug-likeness (QED) is 0.0635. The van der Waals surface area contributed by atoms with Gasteiger partial charge in [-0.3, -0.25) is 9.59 Å². The number of thiophene rings is 2. The highest BCUT2D eigenvalue weighted by Gasteiger charge is 2.45. The van der Waals surface area contributed by atoms with Crippen molar-refractivity contribution in [2.45, 2.75) is 79.1 Å². The first-order valence-corrected chi connectivity index (χ1v) is 28.7. The van der Waals surface area contributed by atoms with E-state index in [1.54, 1.807) is 0 Å². The number of carbonyl (C=O) groups excluding carboxylic acids is 2. The van der Waals surface area contributed by atoms with Crippen LogP contribution in [-0.2, 0) is 9.59 Å². The Balaban J connectivity index is 1.01. The van der Waals surface area contributed by atoms with Gasteiger partial charge in [0.25, 0.3) is 11.8 Å². The Morgan fingerprint density at radius 1 is 0.421 bits per heavy atom. The van der Waals surface area contributed by atoms with Crippen molar-refractivity contribution >= 4 is 91.1 Å². The van der Waals surface area contributed by atoms with Crippen molar-refractivity contribution in [2.75, 3.05) is 32.7 Å². The molecule has 380 valence electrons. The third-order valence-corrected chi connectivity index (χ3v) is 16.7. The van der Waals surface area contributed by atoms with Crippen LogP contribution >= 0.6 is 22.7 Å². The minimum atomic E-state index is -0.0944. The van der Waals surface area contributed by atoms with Crippen LogP contribution in [0.3, 0.4) is 0 Å². The summed E-state index contributed by atoms with van der Waals surface area (Å²) < 4.78 is 0. The average molecular weight is 1030 g/mol. The van der Waals surface area contributed by atoms with Gasteiger partial charge >= 0.3 is 0 Å². The first kappa shape index (κ1) is 51.6. The summed E-state index contributed by atoms with van der Waals surface area (Å²) in [5.41, 5.74) is 10.9. The fourth-order valence-corrected chi connectivity index (χ4v) is 12.5. The van der Waals surface area contributed by atoms with E-state index in [-0.39, 0.29) is 11.8 Å². The lowest BCUT2D eigenvalue weighted by Gasteiger charge is -2.25. The van der Waals surface area contributed by atoms with E-state index in [0.717, 1.165) is 128 Å². The minimum absolute atomic E-state index is 0.0944. The first-order chi connectivity index (χ1) is 37.3. The molecule has 0 aliphatic carbocycles. The highest BCUT2D eigenvalue weighted by molar-refractivity contribution is 7.16. The fraction of sp³-hybridized carbons (Fsp3) is 0.235. The van der Waals surface area contributed by atoms with Gasteiger partial charge < -0.3 is 19.6 Å². The molecule has 4 heterocycles. The number of carbonyl (C=O) groups is 2. The van der Waals surface area contributed by atoms with Gasteiger partial charge in [0.1, 0.15) is 0 Å². The summed E-state index contributed by atoms with van der Waals surface area (Å²) in [4.78, 5) is 42.2. The predicted octanol–water partition coefficient (Wildman–Crippen LogP) is 17.6. The van der Waals surface area contributed by atoms with E-state index in [0.29, 0.717) is 36.1 Å². The monoisotopic (exact) mass is 1030 g/mol. The zero-order valence-corrected chi connectivity index (χ0v) is 45.6. The molecule has 0 saturated heterocycles. The molecule has 0 saturated carbocycles. The maximum atomic E-state index is 15.2. The van der Waals surface area contributed by atoms with Gasteiger partial charge in [0.15, 0.2) is 0 Å². The summed E-state index contributed by atoms with van der Waals surface area (Å²) in [6.45, 7) is 10.1. The van der Waals surface area contributed by atoms with Crippen LogP contribution in [0.1, 0.15) is 110 Å². The number of nitrogens with zero attached hydrogens (tertiary/aromatic N) is 4. The number of rotatable bonds is 18. The SMILES string of the molecule is CCCCC(CC)CN1C(=O)/C(=C2\C(=O)N(CC(CC)CCCC)c3cc(C#Cc4ccc(N(c5ccccc5)c5ccccc5)cc4)sc32)c2sc(C#Cc3ccc(N(c4ccccc4)c4ccccc4)cc3)cc21. The van der Waals surface area contributed by atoms with E-state index in [1.165, 1.54) is 22.7 Å². The molecular formula is C68H64N4O2S2. The molecule has 2 aromatic heterocycles. The smallest absolute Gasteiger partial charge is 0.260 e. The van der Waals surface area contributed by atoms with Crippen LogP contribution in [0.25, 0.3) is 11.1 Å². The predicted molar refractivity (Wildman–Crippen MR) is 321 cm³/mol. The van der Waals surface area contributed by atoms with Crippen LogP contribution in [0, 0.1) is 35.5 Å². The molecule has 0 bridgehead atoms. The molecule has 2 aliphatic heterocycles. The molecule has 8 heteroatoms. The highest BCUT2D eigenvalue weighted by Crippen LogP contribution is 2.52. The lowest BCUT2D eigenvalue weighted by atomic mass is 9.98. The largest absolute Gasteiger partial charge is 0.311 e. The molecule has 0 spiro atoms. The maximum absolute atomic E-state index is 15.2. The Kier molecular flexibility index (Phi) is 16.4. The Morgan fingerprint density at radius 2 is 0.737 bits per heavy atom. The average Bonchev–Trinajstić information content (AvgIpc) is 4.23. The topological polar surface area (TPSA) is 47.1 Å². The van der Waals surface area contributed by atoms with Gasteiger partial charge in [-0.15, -0.1) is 22.7 Å². The lowest BCUT2D eigenvalue weighted by molar-refractivity contribution is -0.114. The van der Waals surface area contributed by atoms with E-state index in [4.69, 9.17) is 0 Å². The zero-order valence-electron chi connectivity index (χ0n) is 44.0. The van der Waals surface area contributed by atoms with Crippen molar-refractivity contribution < 1.29 is 9.59 Å². The number of benzene rings is 6. The van der Waals surface area contributed by atoms with Crippen LogP contribution in [-0.4, -0.2) is 24.9 Å². The molecule has 6 nitrogen and oxygen atoms in total. The standard InChI is InChI=1S/C68H64N4O2S2/c1-5-9-23-49(7-3)47-69-61-45-59(43-37-51-33-39-57(40-34-51)71(53-25-15-11-16-26-53)54-27-17-12-18-28-54)75-65(61)63(67(69)73)64-66-62(70(68(64)74)48-50(8-4)24-10-6-2)46-60(76-66)44-38-52-35-41-58(42-36-52)72(55-29-19-13-20-30-55)56-31-21-14-22-32-56/h11-22,25-36,39-42,45-46,49-50H,5-10,23-24,47-48H2,1-4H3/b64-63-. The molecule has 10 rings (SSSR count). The van der Waals surface area contributed by atoms with Crippen LogP contribution in [0.15, 0.2) is 182 Å². The lowest BCUT2D eigenvalue weighted by Crippen LogP contribution is -2.34. The van der Waals surface area contributed by atoms with Crippen molar-refractivity contribution in [1.29, 1.82) is 0 Å². The molecule has 2 amide bonds. The van der Waals surface area contributed by atoms with Gasteiger partial charge in [-0.05, 0) is 134 Å². The van der Waals surface area contributed by atoms with Crippen molar-refractivity contribution in [2.24, 2.45) is 11.8 Å². The van der Waals surface area contributed by atoms with Crippen LogP contribution < -0.4 is 19.6 Å². The summed E-state index contributed by atoms with van der Waals surface area (Å²) in [5.74, 6) is 14.3. The van der Waals surface area contributed by atoms with E-state index >= 15 is 9.59 Å². The summed E-state index contributed by atoms with van der Waals surface area (Å²) in [6, 6.07) is 62.4. The number of hydrogen-bond acceptors (Lipinski definition) is 6. The van der Waals surface area contributed by atoms with Gasteiger partial charge in [-0.1, -0.05) is 163 Å². The summed E-state index contributed by atoms with van der Waals surface area (Å²) >= 11 is 3.04. The third-order valence-electron chi connectivity index (χ3n) is 14.6. The number of unbranched alkanes of at least 4 members (excludes halogenated alkanes) is 2. The Morgan fingerprint density at radius 3 is 1.04 bits per heavy atom. The van der Waals surface area contributed by atoms with E-state index in [2.05, 4.69) is 219 Å². The molecule has 0 fully saturated rings. The molecule has 2 unspecified atom stereocenters. The van der Waals surface area contributed by atoms with E-state index in [9.17, 15) is 0 Å². The molecule has 6 aromatic carbocycles. The van der Waals surface area contributed by atoms with Gasteiger partial charge in [0.2, 0.25) is 0 Å². The Hall–Kier alpha value is -7.88. The number of amides is 2.